The fourth-order valence-corrected chi connectivity index (χ4v) is 5.18. The Morgan fingerprint density at radius 1 is 1.04 bits per heavy atom. The van der Waals surface area contributed by atoms with Crippen LogP contribution in [0.1, 0.15) is 72.3 Å². The second-order valence-corrected chi connectivity index (χ2v) is 8.76. The molecule has 1 spiro atoms. The van der Waals surface area contributed by atoms with Gasteiger partial charge in [-0.15, -0.1) is 0 Å². The number of aromatic nitrogens is 1. The molecule has 26 heavy (non-hydrogen) atoms. The van der Waals surface area contributed by atoms with E-state index in [4.69, 9.17) is 8.85 Å². The Morgan fingerprint density at radius 2 is 1.77 bits per heavy atom. The monoisotopic (exact) mass is 353 g/mol. The summed E-state index contributed by atoms with van der Waals surface area (Å²) in [4.78, 5) is 0. The second-order valence-electron chi connectivity index (χ2n) is 8.76. The maximum atomic E-state index is 7.83. The Labute approximate surface area is 162 Å². The van der Waals surface area contributed by atoms with Gasteiger partial charge in [0.25, 0.3) is 0 Å². The van der Waals surface area contributed by atoms with Gasteiger partial charge in [0.1, 0.15) is 18.4 Å². The zero-order valence-corrected chi connectivity index (χ0v) is 16.7. The van der Waals surface area contributed by atoms with Crippen LogP contribution in [-0.2, 0) is 12.5 Å². The van der Waals surface area contributed by atoms with Crippen molar-refractivity contribution >= 4 is 0 Å². The zero-order chi connectivity index (χ0) is 21.2. The lowest BCUT2D eigenvalue weighted by molar-refractivity contribution is -0.660. The van der Waals surface area contributed by atoms with Gasteiger partial charge in [0.15, 0.2) is 6.20 Å². The first-order valence-electron chi connectivity index (χ1n) is 11.3. The Bertz CT molecular complexity index is 969. The zero-order valence-electron chi connectivity index (χ0n) is 19.7. The first kappa shape index (κ1) is 14.3. The predicted octanol–water partition coefficient (Wildman–Crippen LogP) is 5.48. The number of rotatable bonds is 1. The molecule has 2 heteroatoms. The molecule has 1 aliphatic carbocycles. The summed E-state index contributed by atoms with van der Waals surface area (Å²) >= 11 is 0. The summed E-state index contributed by atoms with van der Waals surface area (Å²) in [6.45, 7) is 6.36. The van der Waals surface area contributed by atoms with E-state index in [0.717, 1.165) is 28.1 Å². The topological polar surface area (TPSA) is 13.1 Å². The lowest BCUT2D eigenvalue weighted by Crippen LogP contribution is -2.47. The van der Waals surface area contributed by atoms with Crippen molar-refractivity contribution in [2.45, 2.75) is 77.7 Å². The van der Waals surface area contributed by atoms with Gasteiger partial charge in [0, 0.05) is 26.7 Å². The van der Waals surface area contributed by atoms with Gasteiger partial charge < -0.3 is 4.74 Å². The average Bonchev–Trinajstić information content (AvgIpc) is 2.83. The van der Waals surface area contributed by atoms with Crippen LogP contribution in [-0.4, -0.2) is 5.60 Å². The van der Waals surface area contributed by atoms with Crippen LogP contribution in [0.5, 0.6) is 5.75 Å². The van der Waals surface area contributed by atoms with Crippen molar-refractivity contribution in [2.75, 3.05) is 0 Å². The molecule has 2 nitrogen and oxygen atoms in total. The van der Waals surface area contributed by atoms with Crippen molar-refractivity contribution in [1.82, 2.24) is 0 Å². The summed E-state index contributed by atoms with van der Waals surface area (Å²) in [6, 6.07) is 6.49. The number of ether oxygens (including phenoxy) is 1. The molecule has 1 aliphatic heterocycles. The van der Waals surface area contributed by atoms with Gasteiger partial charge in [-0.3, -0.25) is 0 Å². The van der Waals surface area contributed by atoms with E-state index in [9.17, 15) is 0 Å². The molecule has 0 radical (unpaired) electrons. The minimum absolute atomic E-state index is 0.0648. The Balaban J connectivity index is 1.94. The number of fused-ring (bicyclic) bond motifs is 2. The van der Waals surface area contributed by atoms with Crippen molar-refractivity contribution in [3.8, 4) is 17.0 Å². The summed E-state index contributed by atoms with van der Waals surface area (Å²) in [6.07, 6.45) is 7.88. The highest BCUT2D eigenvalue weighted by Gasteiger charge is 2.55. The number of pyridine rings is 1. The van der Waals surface area contributed by atoms with E-state index in [-0.39, 0.29) is 11.0 Å². The van der Waals surface area contributed by atoms with Crippen molar-refractivity contribution in [3.63, 3.8) is 0 Å². The van der Waals surface area contributed by atoms with Crippen LogP contribution in [0.25, 0.3) is 11.3 Å². The summed E-state index contributed by atoms with van der Waals surface area (Å²) in [5, 5.41) is 0. The van der Waals surface area contributed by atoms with Gasteiger partial charge in [0.2, 0.25) is 5.69 Å². The smallest absolute Gasteiger partial charge is 0.216 e. The molecular formula is C24H32NO+. The molecule has 1 aromatic carbocycles. The number of hydrogen-bond donors (Lipinski definition) is 0. The molecule has 138 valence electrons. The summed E-state index contributed by atoms with van der Waals surface area (Å²) in [5.41, 5.74) is 5.61. The van der Waals surface area contributed by atoms with Gasteiger partial charge in [-0.1, -0.05) is 31.4 Å². The van der Waals surface area contributed by atoms with Gasteiger partial charge in [0.05, 0.1) is 5.56 Å². The van der Waals surface area contributed by atoms with Crippen LogP contribution >= 0.6 is 0 Å². The number of benzene rings is 1. The highest BCUT2D eigenvalue weighted by atomic mass is 16.5. The van der Waals surface area contributed by atoms with Crippen LogP contribution < -0.4 is 9.30 Å². The highest BCUT2D eigenvalue weighted by Crippen LogP contribution is 2.58. The minimum Gasteiger partial charge on any atom is -0.486 e. The lowest BCUT2D eigenvalue weighted by atomic mass is 9.62. The molecular weight excluding hydrogens is 318 g/mol. The van der Waals surface area contributed by atoms with Crippen LogP contribution in [0.2, 0.25) is 0 Å². The first-order valence-corrected chi connectivity index (χ1v) is 9.82. The third-order valence-electron chi connectivity index (χ3n) is 6.84. The normalized spacial score (nSPS) is 22.3. The van der Waals surface area contributed by atoms with E-state index in [0.29, 0.717) is 5.56 Å². The molecule has 0 atom stereocenters. The number of hydrogen-bond acceptors (Lipinski definition) is 1. The minimum atomic E-state index is -2.11. The molecule has 0 unspecified atom stereocenters. The van der Waals surface area contributed by atoms with Crippen molar-refractivity contribution < 1.29 is 13.4 Å². The highest BCUT2D eigenvalue weighted by molar-refractivity contribution is 5.74. The van der Waals surface area contributed by atoms with Crippen molar-refractivity contribution in [2.24, 2.45) is 7.05 Å². The maximum Gasteiger partial charge on any atom is 0.216 e. The molecule has 2 heterocycles. The number of aryl methyl sites for hydroxylation is 4. The van der Waals surface area contributed by atoms with Crippen LogP contribution in [0.3, 0.4) is 0 Å². The molecule has 4 rings (SSSR count). The second kappa shape index (κ2) is 5.84. The quantitative estimate of drug-likeness (QED) is 0.619. The third kappa shape index (κ3) is 2.34. The Morgan fingerprint density at radius 3 is 2.46 bits per heavy atom. The molecule has 0 saturated heterocycles. The fraction of sp³-hybridized carbons (Fsp3) is 0.542. The molecule has 0 amide bonds. The van der Waals surface area contributed by atoms with Crippen LogP contribution in [0.4, 0.5) is 0 Å². The average molecular weight is 354 g/mol. The molecule has 1 fully saturated rings. The molecule has 2 aromatic rings. The van der Waals surface area contributed by atoms with Crippen molar-refractivity contribution in [3.05, 3.63) is 46.6 Å². The van der Waals surface area contributed by atoms with Crippen molar-refractivity contribution in [1.29, 1.82) is 0 Å². The van der Waals surface area contributed by atoms with Gasteiger partial charge in [-0.2, -0.15) is 0 Å². The molecule has 0 N–H and O–H groups in total. The SMILES string of the molecule is [2H]C([2H])([2H])c1c[n+](C)c(-c2c(C)ccc3c2OC(C)(C)C32CCCCC2)cc1C. The Kier molecular flexibility index (Phi) is 3.20. The standard InChI is InChI=1S/C24H32NO/c1-16-10-11-19-22(21(16)20-14-17(2)18(3)15-25(20)6)26-23(4,5)24(19)12-8-7-9-13-24/h10-11,14-15H,7-9,12-13H2,1-6H3/q+1/i3D3. The summed E-state index contributed by atoms with van der Waals surface area (Å²) < 4.78 is 32.1. The van der Waals surface area contributed by atoms with Gasteiger partial charge in [-0.05, 0) is 58.5 Å². The lowest BCUT2D eigenvalue weighted by Gasteiger charge is -2.43. The summed E-state index contributed by atoms with van der Waals surface area (Å²) in [5.74, 6) is 0.994. The molecule has 0 bridgehead atoms. The third-order valence-corrected chi connectivity index (χ3v) is 6.84. The fourth-order valence-electron chi connectivity index (χ4n) is 5.18. The van der Waals surface area contributed by atoms with E-state index in [1.54, 1.807) is 6.20 Å². The number of nitrogens with zero attached hydrogens (tertiary/aromatic N) is 1. The van der Waals surface area contributed by atoms with Gasteiger partial charge in [-0.25, -0.2) is 4.57 Å². The molecule has 2 aliphatic rings. The van der Waals surface area contributed by atoms with E-state index >= 15 is 0 Å². The summed E-state index contributed by atoms with van der Waals surface area (Å²) in [7, 11) is 1.93. The van der Waals surface area contributed by atoms with Crippen LogP contribution in [0, 0.1) is 20.7 Å². The van der Waals surface area contributed by atoms with E-state index < -0.39 is 6.85 Å². The Hall–Kier alpha value is -1.83. The van der Waals surface area contributed by atoms with E-state index in [2.05, 4.69) is 32.9 Å². The van der Waals surface area contributed by atoms with Crippen LogP contribution in [0.15, 0.2) is 24.4 Å². The van der Waals surface area contributed by atoms with E-state index in [1.807, 2.05) is 24.6 Å². The van der Waals surface area contributed by atoms with E-state index in [1.165, 1.54) is 37.7 Å². The molecule has 1 aromatic heterocycles. The predicted molar refractivity (Wildman–Crippen MR) is 107 cm³/mol. The first-order chi connectivity index (χ1) is 13.5. The van der Waals surface area contributed by atoms with Gasteiger partial charge >= 0.3 is 0 Å². The largest absolute Gasteiger partial charge is 0.486 e. The molecule has 1 saturated carbocycles. The maximum absolute atomic E-state index is 7.83.